The number of benzene rings is 1. The van der Waals surface area contributed by atoms with Crippen LogP contribution in [0.4, 0.5) is 0 Å². The molecule has 2 nitrogen and oxygen atoms in total. The molecule has 2 rings (SSSR count). The lowest BCUT2D eigenvalue weighted by atomic mass is 9.76. The lowest BCUT2D eigenvalue weighted by Crippen LogP contribution is -2.41. The van der Waals surface area contributed by atoms with Gasteiger partial charge >= 0.3 is 0 Å². The van der Waals surface area contributed by atoms with Gasteiger partial charge in [-0.15, -0.1) is 0 Å². The smallest absolute Gasteiger partial charge is 0.00787 e. The molecule has 0 radical (unpaired) electrons. The van der Waals surface area contributed by atoms with Crippen LogP contribution in [0.25, 0.3) is 0 Å². The quantitative estimate of drug-likeness (QED) is 0.722. The highest BCUT2D eigenvalue weighted by Crippen LogP contribution is 2.36. The Bertz CT molecular complexity index is 340. The second kappa shape index (κ2) is 7.66. The van der Waals surface area contributed by atoms with Gasteiger partial charge in [0.05, 0.1) is 0 Å². The predicted octanol–water partition coefficient (Wildman–Crippen LogP) is 3.25. The van der Waals surface area contributed by atoms with Crippen LogP contribution in [0.2, 0.25) is 0 Å². The van der Waals surface area contributed by atoms with Crippen molar-refractivity contribution < 1.29 is 0 Å². The summed E-state index contributed by atoms with van der Waals surface area (Å²) in [5.74, 6) is 0.793. The predicted molar refractivity (Wildman–Crippen MR) is 82.6 cm³/mol. The molecule has 2 heteroatoms. The summed E-state index contributed by atoms with van der Waals surface area (Å²) in [5.41, 5.74) is 1.52. The fourth-order valence-electron chi connectivity index (χ4n) is 2.93. The van der Waals surface area contributed by atoms with Crippen LogP contribution < -0.4 is 5.32 Å². The molecule has 1 aromatic rings. The minimum atomic E-state index is 0.752. The first-order valence-corrected chi connectivity index (χ1v) is 7.84. The third-order valence-corrected chi connectivity index (χ3v) is 4.39. The number of nitrogens with zero attached hydrogens (tertiary/aromatic N) is 1. The first-order valence-electron chi connectivity index (χ1n) is 7.84. The molecule has 1 saturated carbocycles. The van der Waals surface area contributed by atoms with Crippen molar-refractivity contribution in [2.75, 3.05) is 26.2 Å². The van der Waals surface area contributed by atoms with Crippen LogP contribution in [0.5, 0.6) is 0 Å². The molecule has 1 aliphatic rings. The van der Waals surface area contributed by atoms with Gasteiger partial charge in [0, 0.05) is 6.04 Å². The van der Waals surface area contributed by atoms with E-state index >= 15 is 0 Å². The van der Waals surface area contributed by atoms with Crippen molar-refractivity contribution in [1.82, 2.24) is 10.2 Å². The molecular formula is C17H28N2. The monoisotopic (exact) mass is 260 g/mol. The second-order valence-electron chi connectivity index (χ2n) is 5.61. The van der Waals surface area contributed by atoms with E-state index in [1.54, 1.807) is 0 Å². The normalized spacial score (nSPS) is 22.5. The first kappa shape index (κ1) is 14.5. The summed E-state index contributed by atoms with van der Waals surface area (Å²) in [5, 5.41) is 3.70. The van der Waals surface area contributed by atoms with Gasteiger partial charge in [-0.3, -0.25) is 0 Å². The molecule has 0 spiro atoms. The summed E-state index contributed by atoms with van der Waals surface area (Å²) >= 11 is 0. The minimum absolute atomic E-state index is 0.752. The SMILES string of the molecule is CCN(CC)CCCNC1CC(c2ccccc2)C1. The summed E-state index contributed by atoms with van der Waals surface area (Å²) in [6.45, 7) is 9.24. The minimum Gasteiger partial charge on any atom is -0.314 e. The van der Waals surface area contributed by atoms with Gasteiger partial charge in [0.2, 0.25) is 0 Å². The van der Waals surface area contributed by atoms with Crippen molar-refractivity contribution in [1.29, 1.82) is 0 Å². The maximum absolute atomic E-state index is 3.70. The second-order valence-corrected chi connectivity index (χ2v) is 5.61. The van der Waals surface area contributed by atoms with Crippen molar-refractivity contribution >= 4 is 0 Å². The Hall–Kier alpha value is -0.860. The van der Waals surface area contributed by atoms with Crippen molar-refractivity contribution in [3.05, 3.63) is 35.9 Å². The fraction of sp³-hybridized carbons (Fsp3) is 0.647. The van der Waals surface area contributed by atoms with E-state index in [1.807, 2.05) is 0 Å². The average molecular weight is 260 g/mol. The van der Waals surface area contributed by atoms with Gasteiger partial charge in [0.1, 0.15) is 0 Å². The summed E-state index contributed by atoms with van der Waals surface area (Å²) in [6, 6.07) is 11.7. The molecule has 0 aliphatic heterocycles. The first-order chi connectivity index (χ1) is 9.33. The van der Waals surface area contributed by atoms with Gasteiger partial charge in [0.15, 0.2) is 0 Å². The molecule has 106 valence electrons. The number of nitrogens with one attached hydrogen (secondary N) is 1. The summed E-state index contributed by atoms with van der Waals surface area (Å²) < 4.78 is 0. The Kier molecular flexibility index (Phi) is 5.87. The van der Waals surface area contributed by atoms with Gasteiger partial charge < -0.3 is 10.2 Å². The molecule has 0 atom stereocenters. The van der Waals surface area contributed by atoms with Crippen LogP contribution in [0.15, 0.2) is 30.3 Å². The molecular weight excluding hydrogens is 232 g/mol. The van der Waals surface area contributed by atoms with Crippen molar-refractivity contribution in [3.8, 4) is 0 Å². The summed E-state index contributed by atoms with van der Waals surface area (Å²) in [4.78, 5) is 2.50. The van der Waals surface area contributed by atoms with E-state index in [0.717, 1.165) is 12.0 Å². The topological polar surface area (TPSA) is 15.3 Å². The molecule has 1 fully saturated rings. The highest BCUT2D eigenvalue weighted by atomic mass is 15.1. The molecule has 0 unspecified atom stereocenters. The zero-order valence-electron chi connectivity index (χ0n) is 12.4. The van der Waals surface area contributed by atoms with E-state index in [-0.39, 0.29) is 0 Å². The Labute approximate surface area is 118 Å². The summed E-state index contributed by atoms with van der Waals surface area (Å²) in [7, 11) is 0. The van der Waals surface area contributed by atoms with Crippen molar-refractivity contribution in [2.24, 2.45) is 0 Å². The molecule has 1 aromatic carbocycles. The number of hydrogen-bond donors (Lipinski definition) is 1. The molecule has 0 aromatic heterocycles. The highest BCUT2D eigenvalue weighted by molar-refractivity contribution is 5.22. The molecule has 0 amide bonds. The van der Waals surface area contributed by atoms with Crippen LogP contribution in [-0.4, -0.2) is 37.1 Å². The number of rotatable bonds is 8. The van der Waals surface area contributed by atoms with E-state index in [9.17, 15) is 0 Å². The lowest BCUT2D eigenvalue weighted by Gasteiger charge is -2.36. The zero-order valence-corrected chi connectivity index (χ0v) is 12.4. The van der Waals surface area contributed by atoms with Gasteiger partial charge in [-0.1, -0.05) is 44.2 Å². The molecule has 19 heavy (non-hydrogen) atoms. The van der Waals surface area contributed by atoms with Crippen molar-refractivity contribution in [3.63, 3.8) is 0 Å². The molecule has 1 N–H and O–H groups in total. The van der Waals surface area contributed by atoms with E-state index < -0.39 is 0 Å². The van der Waals surface area contributed by atoms with E-state index in [4.69, 9.17) is 0 Å². The average Bonchev–Trinajstić information content (AvgIpc) is 2.42. The fourth-order valence-corrected chi connectivity index (χ4v) is 2.93. The lowest BCUT2D eigenvalue weighted by molar-refractivity contribution is 0.268. The van der Waals surface area contributed by atoms with Crippen LogP contribution in [-0.2, 0) is 0 Å². The van der Waals surface area contributed by atoms with Crippen LogP contribution in [0, 0.1) is 0 Å². The Balaban J connectivity index is 1.56. The zero-order chi connectivity index (χ0) is 13.5. The molecule has 0 heterocycles. The van der Waals surface area contributed by atoms with Gasteiger partial charge in [-0.05, 0) is 56.9 Å². The van der Waals surface area contributed by atoms with Gasteiger partial charge in [0.25, 0.3) is 0 Å². The highest BCUT2D eigenvalue weighted by Gasteiger charge is 2.29. The van der Waals surface area contributed by atoms with E-state index in [2.05, 4.69) is 54.4 Å². The Morgan fingerprint density at radius 1 is 1.11 bits per heavy atom. The Morgan fingerprint density at radius 3 is 2.42 bits per heavy atom. The maximum Gasteiger partial charge on any atom is 0.00787 e. The van der Waals surface area contributed by atoms with Gasteiger partial charge in [-0.2, -0.15) is 0 Å². The molecule has 0 saturated heterocycles. The Morgan fingerprint density at radius 2 is 1.79 bits per heavy atom. The maximum atomic E-state index is 3.70. The summed E-state index contributed by atoms with van der Waals surface area (Å²) in [6.07, 6.45) is 3.90. The van der Waals surface area contributed by atoms with Crippen molar-refractivity contribution in [2.45, 2.75) is 45.1 Å². The third-order valence-electron chi connectivity index (χ3n) is 4.39. The number of hydrogen-bond acceptors (Lipinski definition) is 2. The van der Waals surface area contributed by atoms with E-state index in [0.29, 0.717) is 0 Å². The molecule has 1 aliphatic carbocycles. The van der Waals surface area contributed by atoms with Crippen LogP contribution in [0.3, 0.4) is 0 Å². The van der Waals surface area contributed by atoms with Gasteiger partial charge in [-0.25, -0.2) is 0 Å². The third kappa shape index (κ3) is 4.32. The standard InChI is InChI=1S/C17H28N2/c1-3-19(4-2)12-8-11-18-17-13-16(14-17)15-9-6-5-7-10-15/h5-7,9-10,16-18H,3-4,8,11-14H2,1-2H3. The van der Waals surface area contributed by atoms with E-state index in [1.165, 1.54) is 51.0 Å². The van der Waals surface area contributed by atoms with Crippen LogP contribution >= 0.6 is 0 Å². The molecule has 0 bridgehead atoms. The largest absolute Gasteiger partial charge is 0.314 e. The van der Waals surface area contributed by atoms with Crippen LogP contribution in [0.1, 0.15) is 44.6 Å².